The number of fused-ring (bicyclic) bond motifs is 2. The summed E-state index contributed by atoms with van der Waals surface area (Å²) < 4.78 is 10.7. The number of ketones is 1. The predicted molar refractivity (Wildman–Crippen MR) is 132 cm³/mol. The summed E-state index contributed by atoms with van der Waals surface area (Å²) in [4.78, 5) is 30.7. The smallest absolute Gasteiger partial charge is 0.339 e. The molecule has 0 atom stereocenters. The summed E-state index contributed by atoms with van der Waals surface area (Å²) in [6, 6.07) is 29.7. The van der Waals surface area contributed by atoms with E-state index in [0.29, 0.717) is 27.7 Å². The van der Waals surface area contributed by atoms with Crippen LogP contribution < -0.4 is 4.74 Å². The van der Waals surface area contributed by atoms with Gasteiger partial charge in [0.15, 0.2) is 6.61 Å². The number of esters is 1. The zero-order valence-electron chi connectivity index (χ0n) is 18.5. The summed E-state index contributed by atoms with van der Waals surface area (Å²) >= 11 is 0. The van der Waals surface area contributed by atoms with Crippen LogP contribution in [0.15, 0.2) is 97.1 Å². The molecule has 0 N–H and O–H groups in total. The molecular formula is C29H21NO4. The van der Waals surface area contributed by atoms with Crippen molar-refractivity contribution in [2.45, 2.75) is 0 Å². The van der Waals surface area contributed by atoms with Crippen LogP contribution in [0.2, 0.25) is 0 Å². The molecule has 0 saturated heterocycles. The van der Waals surface area contributed by atoms with Gasteiger partial charge in [-0.3, -0.25) is 4.79 Å². The number of rotatable bonds is 6. The summed E-state index contributed by atoms with van der Waals surface area (Å²) in [5, 5.41) is 2.47. The van der Waals surface area contributed by atoms with E-state index < -0.39 is 5.97 Å². The highest BCUT2D eigenvalue weighted by Crippen LogP contribution is 2.27. The van der Waals surface area contributed by atoms with Crippen molar-refractivity contribution in [1.82, 2.24) is 4.98 Å². The van der Waals surface area contributed by atoms with Gasteiger partial charge in [0.1, 0.15) is 5.75 Å². The van der Waals surface area contributed by atoms with Crippen LogP contribution in [-0.2, 0) is 4.74 Å². The Morgan fingerprint density at radius 1 is 0.765 bits per heavy atom. The van der Waals surface area contributed by atoms with E-state index in [-0.39, 0.29) is 12.4 Å². The van der Waals surface area contributed by atoms with Crippen molar-refractivity contribution in [2.75, 3.05) is 13.7 Å². The molecule has 1 aromatic heterocycles. The minimum atomic E-state index is -0.568. The van der Waals surface area contributed by atoms with E-state index in [4.69, 9.17) is 14.5 Å². The van der Waals surface area contributed by atoms with E-state index in [9.17, 15) is 9.59 Å². The highest BCUT2D eigenvalue weighted by Gasteiger charge is 2.18. The fourth-order valence-electron chi connectivity index (χ4n) is 4.01. The highest BCUT2D eigenvalue weighted by atomic mass is 16.5. The minimum absolute atomic E-state index is 0.251. The lowest BCUT2D eigenvalue weighted by molar-refractivity contribution is 0.0477. The highest BCUT2D eigenvalue weighted by molar-refractivity contribution is 6.10. The van der Waals surface area contributed by atoms with Crippen LogP contribution >= 0.6 is 0 Å². The Bertz CT molecular complexity index is 1520. The average molecular weight is 447 g/mol. The number of carbonyl (C=O) groups excluding carboxylic acids is 2. The Morgan fingerprint density at radius 2 is 1.47 bits per heavy atom. The van der Waals surface area contributed by atoms with Crippen LogP contribution in [0.4, 0.5) is 0 Å². The first-order valence-corrected chi connectivity index (χ1v) is 10.9. The zero-order valence-corrected chi connectivity index (χ0v) is 18.5. The van der Waals surface area contributed by atoms with E-state index in [1.54, 1.807) is 19.2 Å². The molecule has 5 rings (SSSR count). The van der Waals surface area contributed by atoms with Gasteiger partial charge in [0, 0.05) is 16.5 Å². The monoisotopic (exact) mass is 447 g/mol. The van der Waals surface area contributed by atoms with Gasteiger partial charge in [-0.2, -0.15) is 0 Å². The number of methoxy groups -OCH3 is 1. The lowest BCUT2D eigenvalue weighted by Gasteiger charge is -2.11. The molecule has 34 heavy (non-hydrogen) atoms. The standard InChI is InChI=1S/C29H21NO4/c1-33-21-15-13-20(14-16-21)27-17-25(23-10-4-5-12-26(23)30-27)29(32)34-18-28(31)24-11-6-8-19-7-2-3-9-22(19)24/h2-17H,18H2,1H3. The summed E-state index contributed by atoms with van der Waals surface area (Å²) in [5.74, 6) is -0.0861. The van der Waals surface area contributed by atoms with Crippen LogP contribution in [0.3, 0.4) is 0 Å². The number of Topliss-reactive ketones (excluding diaryl/α,β-unsaturated/α-hetero) is 1. The first-order chi connectivity index (χ1) is 16.6. The van der Waals surface area contributed by atoms with Gasteiger partial charge in [0.25, 0.3) is 0 Å². The molecule has 0 aliphatic carbocycles. The van der Waals surface area contributed by atoms with Gasteiger partial charge in [-0.15, -0.1) is 0 Å². The molecule has 0 radical (unpaired) electrons. The van der Waals surface area contributed by atoms with Gasteiger partial charge in [0.2, 0.25) is 5.78 Å². The Morgan fingerprint density at radius 3 is 2.26 bits per heavy atom. The van der Waals surface area contributed by atoms with Crippen molar-refractivity contribution in [1.29, 1.82) is 0 Å². The Balaban J connectivity index is 1.44. The number of benzene rings is 4. The second kappa shape index (κ2) is 9.16. The Kier molecular flexibility index (Phi) is 5.75. The third-order valence-electron chi connectivity index (χ3n) is 5.75. The second-order valence-corrected chi connectivity index (χ2v) is 7.83. The van der Waals surface area contributed by atoms with Gasteiger partial charge in [-0.25, -0.2) is 9.78 Å². The molecule has 1 heterocycles. The molecule has 4 aromatic carbocycles. The minimum Gasteiger partial charge on any atom is -0.497 e. The predicted octanol–water partition coefficient (Wildman–Crippen LogP) is 6.10. The van der Waals surface area contributed by atoms with Gasteiger partial charge >= 0.3 is 5.97 Å². The molecule has 0 amide bonds. The summed E-state index contributed by atoms with van der Waals surface area (Å²) in [7, 11) is 1.61. The van der Waals surface area contributed by atoms with Crippen LogP contribution in [0.5, 0.6) is 5.75 Å². The third-order valence-corrected chi connectivity index (χ3v) is 5.75. The van der Waals surface area contributed by atoms with Gasteiger partial charge in [0.05, 0.1) is 23.9 Å². The third kappa shape index (κ3) is 4.11. The number of carbonyl (C=O) groups is 2. The molecule has 5 heteroatoms. The Labute approximate surface area is 196 Å². The average Bonchev–Trinajstić information content (AvgIpc) is 2.90. The fourth-order valence-corrected chi connectivity index (χ4v) is 4.01. The van der Waals surface area contributed by atoms with Crippen LogP contribution in [0.1, 0.15) is 20.7 Å². The topological polar surface area (TPSA) is 65.5 Å². The van der Waals surface area contributed by atoms with Crippen LogP contribution in [-0.4, -0.2) is 30.5 Å². The number of aromatic nitrogens is 1. The molecule has 0 unspecified atom stereocenters. The normalized spacial score (nSPS) is 10.9. The number of hydrogen-bond donors (Lipinski definition) is 0. The first-order valence-electron chi connectivity index (χ1n) is 10.9. The van der Waals surface area contributed by atoms with E-state index in [2.05, 4.69) is 0 Å². The van der Waals surface area contributed by atoms with E-state index in [1.165, 1.54) is 0 Å². The Hall–Kier alpha value is -4.51. The van der Waals surface area contributed by atoms with Crippen LogP contribution in [0.25, 0.3) is 32.9 Å². The molecule has 5 aromatic rings. The lowest BCUT2D eigenvalue weighted by atomic mass is 10.0. The van der Waals surface area contributed by atoms with Crippen molar-refractivity contribution < 1.29 is 19.1 Å². The number of ether oxygens (including phenoxy) is 2. The maximum absolute atomic E-state index is 13.1. The molecule has 0 bridgehead atoms. The molecule has 5 nitrogen and oxygen atoms in total. The van der Waals surface area contributed by atoms with Crippen molar-refractivity contribution in [2.24, 2.45) is 0 Å². The lowest BCUT2D eigenvalue weighted by Crippen LogP contribution is -2.15. The van der Waals surface area contributed by atoms with Gasteiger partial charge in [-0.05, 0) is 47.2 Å². The number of pyridine rings is 1. The number of hydrogen-bond acceptors (Lipinski definition) is 5. The van der Waals surface area contributed by atoms with Crippen LogP contribution in [0, 0.1) is 0 Å². The molecule has 0 aliphatic rings. The van der Waals surface area contributed by atoms with Gasteiger partial charge in [-0.1, -0.05) is 60.7 Å². The zero-order chi connectivity index (χ0) is 23.5. The second-order valence-electron chi connectivity index (χ2n) is 7.83. The van der Waals surface area contributed by atoms with Crippen molar-refractivity contribution >= 4 is 33.4 Å². The maximum Gasteiger partial charge on any atom is 0.339 e. The maximum atomic E-state index is 13.1. The molecule has 0 fully saturated rings. The summed E-state index contributed by atoms with van der Waals surface area (Å²) in [5.41, 5.74) is 3.04. The molecular weight excluding hydrogens is 426 g/mol. The van der Waals surface area contributed by atoms with Crippen molar-refractivity contribution in [3.05, 3.63) is 108 Å². The van der Waals surface area contributed by atoms with E-state index >= 15 is 0 Å². The summed E-state index contributed by atoms with van der Waals surface area (Å²) in [6.45, 7) is -0.346. The number of para-hydroxylation sites is 1. The SMILES string of the molecule is COc1ccc(-c2cc(C(=O)OCC(=O)c3cccc4ccccc34)c3ccccc3n2)cc1. The molecule has 166 valence electrons. The van der Waals surface area contributed by atoms with Crippen molar-refractivity contribution in [3.63, 3.8) is 0 Å². The summed E-state index contributed by atoms with van der Waals surface area (Å²) in [6.07, 6.45) is 0. The molecule has 0 aliphatic heterocycles. The van der Waals surface area contributed by atoms with E-state index in [0.717, 1.165) is 22.1 Å². The fraction of sp³-hybridized carbons (Fsp3) is 0.0690. The van der Waals surface area contributed by atoms with Crippen molar-refractivity contribution in [3.8, 4) is 17.0 Å². The molecule has 0 saturated carbocycles. The number of nitrogens with zero attached hydrogens (tertiary/aromatic N) is 1. The van der Waals surface area contributed by atoms with Gasteiger partial charge < -0.3 is 9.47 Å². The molecule has 0 spiro atoms. The largest absolute Gasteiger partial charge is 0.497 e. The van der Waals surface area contributed by atoms with E-state index in [1.807, 2.05) is 84.9 Å². The first kappa shape index (κ1) is 21.3. The quantitative estimate of drug-likeness (QED) is 0.232.